The fourth-order valence-electron chi connectivity index (χ4n) is 2.52. The molecule has 0 fully saturated rings. The lowest BCUT2D eigenvalue weighted by Crippen LogP contribution is -2.03. The summed E-state index contributed by atoms with van der Waals surface area (Å²) in [5, 5.41) is 8.93. The van der Waals surface area contributed by atoms with Gasteiger partial charge in [0.2, 0.25) is 5.88 Å². The summed E-state index contributed by atoms with van der Waals surface area (Å²) in [6.07, 6.45) is 1.80. The SMILES string of the molecule is COc1c(CNc2ccc3ncccc3c2)c(C)nn1C. The number of ether oxygens (including phenoxy) is 1. The summed E-state index contributed by atoms with van der Waals surface area (Å²) < 4.78 is 7.17. The summed E-state index contributed by atoms with van der Waals surface area (Å²) in [6, 6.07) is 10.2. The largest absolute Gasteiger partial charge is 0.481 e. The minimum Gasteiger partial charge on any atom is -0.481 e. The number of benzene rings is 1. The highest BCUT2D eigenvalue weighted by Gasteiger charge is 2.13. The average molecular weight is 282 g/mol. The van der Waals surface area contributed by atoms with E-state index in [1.54, 1.807) is 18.0 Å². The van der Waals surface area contributed by atoms with E-state index in [1.165, 1.54) is 0 Å². The van der Waals surface area contributed by atoms with E-state index in [0.717, 1.165) is 33.7 Å². The fourth-order valence-corrected chi connectivity index (χ4v) is 2.52. The second-order valence-electron chi connectivity index (χ2n) is 4.96. The van der Waals surface area contributed by atoms with Gasteiger partial charge in [0.1, 0.15) is 0 Å². The van der Waals surface area contributed by atoms with Crippen LogP contribution in [-0.4, -0.2) is 21.9 Å². The number of rotatable bonds is 4. The highest BCUT2D eigenvalue weighted by atomic mass is 16.5. The third kappa shape index (κ3) is 2.54. The van der Waals surface area contributed by atoms with Crippen LogP contribution in [0.3, 0.4) is 0 Å². The van der Waals surface area contributed by atoms with Gasteiger partial charge in [0.15, 0.2) is 0 Å². The smallest absolute Gasteiger partial charge is 0.216 e. The molecule has 0 aliphatic carbocycles. The first-order valence-electron chi connectivity index (χ1n) is 6.84. The number of hydrogen-bond donors (Lipinski definition) is 1. The highest BCUT2D eigenvalue weighted by Crippen LogP contribution is 2.23. The van der Waals surface area contributed by atoms with Crippen LogP contribution in [0.2, 0.25) is 0 Å². The van der Waals surface area contributed by atoms with Crippen LogP contribution in [-0.2, 0) is 13.6 Å². The van der Waals surface area contributed by atoms with E-state index in [0.29, 0.717) is 6.54 Å². The van der Waals surface area contributed by atoms with Gasteiger partial charge in [-0.15, -0.1) is 0 Å². The molecule has 0 bridgehead atoms. The first-order chi connectivity index (χ1) is 10.2. The topological polar surface area (TPSA) is 52.0 Å². The van der Waals surface area contributed by atoms with Gasteiger partial charge < -0.3 is 10.1 Å². The zero-order valence-electron chi connectivity index (χ0n) is 12.4. The molecule has 5 heteroatoms. The van der Waals surface area contributed by atoms with Crippen LogP contribution in [0.5, 0.6) is 5.88 Å². The molecule has 2 aromatic heterocycles. The quantitative estimate of drug-likeness (QED) is 0.799. The van der Waals surface area contributed by atoms with Gasteiger partial charge >= 0.3 is 0 Å². The first kappa shape index (κ1) is 13.4. The molecule has 0 saturated carbocycles. The Morgan fingerprint density at radius 1 is 1.29 bits per heavy atom. The number of anilines is 1. The molecule has 0 saturated heterocycles. The number of aromatic nitrogens is 3. The monoisotopic (exact) mass is 282 g/mol. The van der Waals surface area contributed by atoms with Crippen molar-refractivity contribution in [3.8, 4) is 5.88 Å². The van der Waals surface area contributed by atoms with E-state index in [2.05, 4.69) is 27.5 Å². The normalized spacial score (nSPS) is 10.8. The number of nitrogens with zero attached hydrogens (tertiary/aromatic N) is 3. The van der Waals surface area contributed by atoms with Crippen molar-refractivity contribution in [2.45, 2.75) is 13.5 Å². The molecule has 0 amide bonds. The summed E-state index contributed by atoms with van der Waals surface area (Å²) in [5.74, 6) is 0.794. The lowest BCUT2D eigenvalue weighted by atomic mass is 10.2. The molecular weight excluding hydrogens is 264 g/mol. The highest BCUT2D eigenvalue weighted by molar-refractivity contribution is 5.82. The molecule has 108 valence electrons. The van der Waals surface area contributed by atoms with E-state index in [-0.39, 0.29) is 0 Å². The van der Waals surface area contributed by atoms with Crippen molar-refractivity contribution in [2.24, 2.45) is 7.05 Å². The summed E-state index contributed by atoms with van der Waals surface area (Å²) >= 11 is 0. The molecule has 5 nitrogen and oxygen atoms in total. The van der Waals surface area contributed by atoms with E-state index in [9.17, 15) is 0 Å². The van der Waals surface area contributed by atoms with Gasteiger partial charge in [-0.05, 0) is 31.2 Å². The zero-order valence-corrected chi connectivity index (χ0v) is 12.4. The summed E-state index contributed by atoms with van der Waals surface area (Å²) in [4.78, 5) is 4.32. The van der Waals surface area contributed by atoms with Gasteiger partial charge in [0.05, 0.1) is 23.9 Å². The Kier molecular flexibility index (Phi) is 3.48. The third-order valence-electron chi connectivity index (χ3n) is 3.55. The van der Waals surface area contributed by atoms with E-state index >= 15 is 0 Å². The Morgan fingerprint density at radius 3 is 2.95 bits per heavy atom. The zero-order chi connectivity index (χ0) is 14.8. The Labute approximate surface area is 123 Å². The fraction of sp³-hybridized carbons (Fsp3) is 0.250. The maximum Gasteiger partial charge on any atom is 0.216 e. The molecule has 0 radical (unpaired) electrons. The van der Waals surface area contributed by atoms with Gasteiger partial charge in [0, 0.05) is 30.9 Å². The summed E-state index contributed by atoms with van der Waals surface area (Å²) in [6.45, 7) is 2.67. The van der Waals surface area contributed by atoms with Gasteiger partial charge in [-0.1, -0.05) is 6.07 Å². The summed E-state index contributed by atoms with van der Waals surface area (Å²) in [7, 11) is 3.55. The molecule has 1 N–H and O–H groups in total. The van der Waals surface area contributed by atoms with Crippen LogP contribution in [0.15, 0.2) is 36.5 Å². The number of hydrogen-bond acceptors (Lipinski definition) is 4. The Hall–Kier alpha value is -2.56. The van der Waals surface area contributed by atoms with Crippen LogP contribution in [0.25, 0.3) is 10.9 Å². The van der Waals surface area contributed by atoms with Crippen molar-refractivity contribution in [1.82, 2.24) is 14.8 Å². The van der Waals surface area contributed by atoms with Gasteiger partial charge in [-0.3, -0.25) is 4.98 Å². The number of fused-ring (bicyclic) bond motifs is 1. The number of nitrogens with one attached hydrogen (secondary N) is 1. The molecule has 2 heterocycles. The summed E-state index contributed by atoms with van der Waals surface area (Å²) in [5.41, 5.74) is 4.11. The molecule has 0 aliphatic heterocycles. The lowest BCUT2D eigenvalue weighted by molar-refractivity contribution is 0.370. The maximum atomic E-state index is 5.41. The van der Waals surface area contributed by atoms with Gasteiger partial charge in [-0.2, -0.15) is 5.10 Å². The molecular formula is C16H18N4O. The molecule has 0 unspecified atom stereocenters. The molecule has 0 aliphatic rings. The van der Waals surface area contributed by atoms with E-state index < -0.39 is 0 Å². The van der Waals surface area contributed by atoms with Crippen LogP contribution in [0.4, 0.5) is 5.69 Å². The van der Waals surface area contributed by atoms with Crippen molar-refractivity contribution >= 4 is 16.6 Å². The lowest BCUT2D eigenvalue weighted by Gasteiger charge is -2.09. The minimum atomic E-state index is 0.675. The molecule has 21 heavy (non-hydrogen) atoms. The Morgan fingerprint density at radius 2 is 2.14 bits per heavy atom. The average Bonchev–Trinajstić information content (AvgIpc) is 2.78. The van der Waals surface area contributed by atoms with Crippen molar-refractivity contribution in [3.63, 3.8) is 0 Å². The molecule has 1 aromatic carbocycles. The third-order valence-corrected chi connectivity index (χ3v) is 3.55. The standard InChI is InChI=1S/C16H18N4O/c1-11-14(16(21-3)20(2)19-11)10-18-13-6-7-15-12(9-13)5-4-8-17-15/h4-9,18H,10H2,1-3H3. The van der Waals surface area contributed by atoms with Crippen LogP contribution < -0.4 is 10.1 Å². The molecule has 3 rings (SSSR count). The van der Waals surface area contributed by atoms with Gasteiger partial charge in [0.25, 0.3) is 0 Å². The number of pyridine rings is 1. The maximum absolute atomic E-state index is 5.41. The predicted octanol–water partition coefficient (Wildman–Crippen LogP) is 2.90. The Bertz CT molecular complexity index is 779. The van der Waals surface area contributed by atoms with Crippen LogP contribution in [0, 0.1) is 6.92 Å². The van der Waals surface area contributed by atoms with E-state index in [1.807, 2.05) is 32.2 Å². The number of aryl methyl sites for hydroxylation is 2. The predicted molar refractivity (Wildman–Crippen MR) is 83.6 cm³/mol. The van der Waals surface area contributed by atoms with Gasteiger partial charge in [-0.25, -0.2) is 4.68 Å². The first-order valence-corrected chi connectivity index (χ1v) is 6.84. The van der Waals surface area contributed by atoms with Crippen molar-refractivity contribution < 1.29 is 4.74 Å². The Balaban J connectivity index is 1.83. The molecule has 3 aromatic rings. The second-order valence-corrected chi connectivity index (χ2v) is 4.96. The van der Waals surface area contributed by atoms with Crippen molar-refractivity contribution in [3.05, 3.63) is 47.8 Å². The molecule has 0 spiro atoms. The molecule has 0 atom stereocenters. The van der Waals surface area contributed by atoms with Crippen molar-refractivity contribution in [2.75, 3.05) is 12.4 Å². The van der Waals surface area contributed by atoms with Crippen LogP contribution in [0.1, 0.15) is 11.3 Å². The minimum absolute atomic E-state index is 0.675. The number of methoxy groups -OCH3 is 1. The van der Waals surface area contributed by atoms with Crippen LogP contribution >= 0.6 is 0 Å². The van der Waals surface area contributed by atoms with E-state index in [4.69, 9.17) is 4.74 Å². The van der Waals surface area contributed by atoms with Crippen molar-refractivity contribution in [1.29, 1.82) is 0 Å². The second kappa shape index (κ2) is 5.44.